The number of amides is 1. The highest BCUT2D eigenvalue weighted by Crippen LogP contribution is 2.26. The van der Waals surface area contributed by atoms with E-state index in [0.717, 1.165) is 4.90 Å². The Labute approximate surface area is 126 Å². The van der Waals surface area contributed by atoms with E-state index >= 15 is 0 Å². The Balaban J connectivity index is 2.37. The zero-order valence-corrected chi connectivity index (χ0v) is 12.3. The molecule has 1 N–H and O–H groups in total. The second kappa shape index (κ2) is 6.57. The van der Waals surface area contributed by atoms with Gasteiger partial charge < -0.3 is 19.2 Å². The fourth-order valence-corrected chi connectivity index (χ4v) is 2.16. The summed E-state index contributed by atoms with van der Waals surface area (Å²) in [6.07, 6.45) is 0. The van der Waals surface area contributed by atoms with Gasteiger partial charge in [0.1, 0.15) is 17.9 Å². The van der Waals surface area contributed by atoms with Gasteiger partial charge in [-0.15, -0.1) is 0 Å². The normalized spacial score (nSPS) is 10.9. The third-order valence-electron chi connectivity index (χ3n) is 3.27. The van der Waals surface area contributed by atoms with Crippen molar-refractivity contribution in [3.8, 4) is 0 Å². The summed E-state index contributed by atoms with van der Waals surface area (Å²) < 4.78 is 23.6. The van der Waals surface area contributed by atoms with Crippen molar-refractivity contribution in [3.63, 3.8) is 0 Å². The van der Waals surface area contributed by atoms with Gasteiger partial charge >= 0.3 is 5.97 Å². The lowest BCUT2D eigenvalue weighted by Gasteiger charge is -2.19. The van der Waals surface area contributed by atoms with Crippen molar-refractivity contribution in [3.05, 3.63) is 35.3 Å². The summed E-state index contributed by atoms with van der Waals surface area (Å²) in [7, 11) is 1.46. The second-order valence-electron chi connectivity index (χ2n) is 4.81. The smallest absolute Gasteiger partial charge is 0.323 e. The molecule has 6 nitrogen and oxygen atoms in total. The van der Waals surface area contributed by atoms with E-state index in [0.29, 0.717) is 16.5 Å². The van der Waals surface area contributed by atoms with Gasteiger partial charge in [0.15, 0.2) is 5.76 Å². The highest BCUT2D eigenvalue weighted by Gasteiger charge is 2.24. The molecule has 0 unspecified atom stereocenters. The van der Waals surface area contributed by atoms with Crippen LogP contribution in [0.5, 0.6) is 0 Å². The average molecular weight is 309 g/mol. The number of benzene rings is 1. The highest BCUT2D eigenvalue weighted by molar-refractivity contribution is 5.99. The van der Waals surface area contributed by atoms with Crippen LogP contribution in [0, 0.1) is 12.7 Å². The monoisotopic (exact) mass is 309 g/mol. The third-order valence-corrected chi connectivity index (χ3v) is 3.27. The van der Waals surface area contributed by atoms with Crippen LogP contribution in [-0.2, 0) is 9.53 Å². The van der Waals surface area contributed by atoms with Crippen molar-refractivity contribution in [1.82, 2.24) is 4.90 Å². The molecule has 0 saturated carbocycles. The first-order valence-corrected chi connectivity index (χ1v) is 6.62. The number of furan rings is 1. The molecule has 0 aliphatic heterocycles. The molecule has 0 aliphatic carbocycles. The van der Waals surface area contributed by atoms with Crippen LogP contribution < -0.4 is 0 Å². The first kappa shape index (κ1) is 16.0. The quantitative estimate of drug-likeness (QED) is 0.883. The predicted octanol–water partition coefficient (Wildman–Crippen LogP) is 2.05. The minimum absolute atomic E-state index is 0.0120. The lowest BCUT2D eigenvalue weighted by atomic mass is 10.1. The van der Waals surface area contributed by atoms with E-state index in [1.165, 1.54) is 25.3 Å². The molecule has 118 valence electrons. The molecule has 0 bridgehead atoms. The molecular weight excluding hydrogens is 293 g/mol. The second-order valence-corrected chi connectivity index (χ2v) is 4.81. The van der Waals surface area contributed by atoms with Gasteiger partial charge in [0, 0.05) is 24.6 Å². The number of ether oxygens (including phenoxy) is 1. The van der Waals surface area contributed by atoms with E-state index in [1.807, 2.05) is 0 Å². The van der Waals surface area contributed by atoms with Crippen LogP contribution >= 0.6 is 0 Å². The van der Waals surface area contributed by atoms with Crippen LogP contribution in [0.15, 0.2) is 22.6 Å². The van der Waals surface area contributed by atoms with Gasteiger partial charge in [-0.05, 0) is 25.1 Å². The third kappa shape index (κ3) is 3.25. The zero-order chi connectivity index (χ0) is 16.3. The lowest BCUT2D eigenvalue weighted by Crippen LogP contribution is -2.38. The van der Waals surface area contributed by atoms with Gasteiger partial charge in [-0.1, -0.05) is 0 Å². The summed E-state index contributed by atoms with van der Waals surface area (Å²) in [5, 5.41) is 9.40. The molecular formula is C15H16FNO5. The van der Waals surface area contributed by atoms with Crippen molar-refractivity contribution in [2.24, 2.45) is 0 Å². The number of carbonyl (C=O) groups excluding carboxylic acids is 1. The maximum atomic E-state index is 13.3. The number of rotatable bonds is 6. The summed E-state index contributed by atoms with van der Waals surface area (Å²) >= 11 is 0. The Hall–Kier alpha value is -2.41. The fraction of sp³-hybridized carbons (Fsp3) is 0.333. The molecule has 1 aromatic heterocycles. The number of carbonyl (C=O) groups is 2. The molecule has 0 saturated heterocycles. The van der Waals surface area contributed by atoms with Crippen molar-refractivity contribution in [2.75, 3.05) is 26.8 Å². The molecule has 1 heterocycles. The van der Waals surface area contributed by atoms with Gasteiger partial charge in [0.2, 0.25) is 0 Å². The van der Waals surface area contributed by atoms with Gasteiger partial charge in [0.05, 0.1) is 6.61 Å². The van der Waals surface area contributed by atoms with Crippen LogP contribution in [0.3, 0.4) is 0 Å². The number of hydrogen-bond acceptors (Lipinski definition) is 4. The standard InChI is InChI=1S/C15H16FNO5/c1-9-11-7-10(16)3-4-12(11)22-14(9)15(20)17(5-6-21-2)8-13(18)19/h3-4,7H,5-6,8H2,1-2H3,(H,18,19). The summed E-state index contributed by atoms with van der Waals surface area (Å²) in [6.45, 7) is 1.49. The number of hydrogen-bond donors (Lipinski definition) is 1. The molecule has 0 fully saturated rings. The fourth-order valence-electron chi connectivity index (χ4n) is 2.16. The molecule has 0 aliphatic rings. The Morgan fingerprint density at radius 2 is 2.14 bits per heavy atom. The number of methoxy groups -OCH3 is 1. The summed E-state index contributed by atoms with van der Waals surface area (Å²) in [5.41, 5.74) is 0.858. The van der Waals surface area contributed by atoms with Crippen LogP contribution in [0.25, 0.3) is 11.0 Å². The van der Waals surface area contributed by atoms with E-state index < -0.39 is 24.2 Å². The molecule has 0 atom stereocenters. The number of carboxylic acids is 1. The first-order valence-electron chi connectivity index (χ1n) is 6.62. The summed E-state index contributed by atoms with van der Waals surface area (Å²) in [4.78, 5) is 24.5. The maximum absolute atomic E-state index is 13.3. The number of fused-ring (bicyclic) bond motifs is 1. The molecule has 22 heavy (non-hydrogen) atoms. The number of nitrogens with zero attached hydrogens (tertiary/aromatic N) is 1. The Kier molecular flexibility index (Phi) is 4.77. The summed E-state index contributed by atoms with van der Waals surface area (Å²) in [6, 6.07) is 3.95. The predicted molar refractivity (Wildman–Crippen MR) is 76.3 cm³/mol. The zero-order valence-electron chi connectivity index (χ0n) is 12.3. The number of aliphatic carboxylic acids is 1. The van der Waals surface area contributed by atoms with Crippen molar-refractivity contribution in [2.45, 2.75) is 6.92 Å². The molecule has 7 heteroatoms. The number of halogens is 1. The van der Waals surface area contributed by atoms with Gasteiger partial charge in [-0.2, -0.15) is 0 Å². The largest absolute Gasteiger partial charge is 0.480 e. The Morgan fingerprint density at radius 1 is 1.41 bits per heavy atom. The van der Waals surface area contributed by atoms with E-state index in [-0.39, 0.29) is 18.9 Å². The van der Waals surface area contributed by atoms with Gasteiger partial charge in [-0.25, -0.2) is 4.39 Å². The average Bonchev–Trinajstić information content (AvgIpc) is 2.79. The van der Waals surface area contributed by atoms with Gasteiger partial charge in [-0.3, -0.25) is 9.59 Å². The van der Waals surface area contributed by atoms with Crippen molar-refractivity contribution in [1.29, 1.82) is 0 Å². The van der Waals surface area contributed by atoms with Crippen molar-refractivity contribution >= 4 is 22.8 Å². The summed E-state index contributed by atoms with van der Waals surface area (Å²) in [5.74, 6) is -2.12. The first-order chi connectivity index (χ1) is 10.4. The molecule has 1 amide bonds. The van der Waals surface area contributed by atoms with E-state index in [1.54, 1.807) is 6.92 Å². The molecule has 2 aromatic rings. The topological polar surface area (TPSA) is 80.0 Å². The highest BCUT2D eigenvalue weighted by atomic mass is 19.1. The van der Waals surface area contributed by atoms with Gasteiger partial charge in [0.25, 0.3) is 5.91 Å². The van der Waals surface area contributed by atoms with E-state index in [2.05, 4.69) is 0 Å². The lowest BCUT2D eigenvalue weighted by molar-refractivity contribution is -0.137. The van der Waals surface area contributed by atoms with Crippen LogP contribution in [0.1, 0.15) is 16.1 Å². The minimum Gasteiger partial charge on any atom is -0.480 e. The Morgan fingerprint density at radius 3 is 2.77 bits per heavy atom. The van der Waals surface area contributed by atoms with Crippen molar-refractivity contribution < 1.29 is 28.2 Å². The van der Waals surface area contributed by atoms with Crippen LogP contribution in [0.2, 0.25) is 0 Å². The maximum Gasteiger partial charge on any atom is 0.323 e. The molecule has 0 radical (unpaired) electrons. The van der Waals surface area contributed by atoms with Crippen LogP contribution in [0.4, 0.5) is 4.39 Å². The molecule has 1 aromatic carbocycles. The molecule has 2 rings (SSSR count). The SMILES string of the molecule is COCCN(CC(=O)O)C(=O)c1oc2ccc(F)cc2c1C. The van der Waals surface area contributed by atoms with E-state index in [9.17, 15) is 14.0 Å². The molecule has 0 spiro atoms. The minimum atomic E-state index is -1.13. The van der Waals surface area contributed by atoms with Crippen LogP contribution in [-0.4, -0.2) is 48.7 Å². The number of carboxylic acid groups (broad SMARTS) is 1. The number of aryl methyl sites for hydroxylation is 1. The van der Waals surface area contributed by atoms with E-state index in [4.69, 9.17) is 14.3 Å². The Bertz CT molecular complexity index is 709.